The molecule has 1 aromatic carbocycles. The minimum Gasteiger partial charge on any atom is -0.492 e. The molecule has 18 heavy (non-hydrogen) atoms. The minimum absolute atomic E-state index is 0.161. The Morgan fingerprint density at radius 3 is 2.39 bits per heavy atom. The Labute approximate surface area is 106 Å². The van der Waals surface area contributed by atoms with Gasteiger partial charge in [-0.1, -0.05) is 19.3 Å². The molecule has 1 aliphatic rings. The Balaban J connectivity index is 2.01. The number of hydrogen-bond acceptors (Lipinski definition) is 2. The number of carbonyl (C=O) groups is 1. The van der Waals surface area contributed by atoms with Gasteiger partial charge in [-0.3, -0.25) is 4.79 Å². The van der Waals surface area contributed by atoms with E-state index in [9.17, 15) is 14.3 Å². The number of carboxylic acids is 1. The molecule has 0 aromatic heterocycles. The van der Waals surface area contributed by atoms with Gasteiger partial charge in [-0.25, -0.2) is 4.39 Å². The molecule has 0 heterocycles. The summed E-state index contributed by atoms with van der Waals surface area (Å²) in [7, 11) is 0. The molecular formula is C14H17FO3. The van der Waals surface area contributed by atoms with E-state index < -0.39 is 11.4 Å². The van der Waals surface area contributed by atoms with E-state index in [1.807, 2.05) is 0 Å². The number of ether oxygens (including phenoxy) is 1. The predicted molar refractivity (Wildman–Crippen MR) is 65.0 cm³/mol. The molecule has 0 radical (unpaired) electrons. The van der Waals surface area contributed by atoms with Crippen molar-refractivity contribution in [1.29, 1.82) is 0 Å². The third-order valence-electron chi connectivity index (χ3n) is 3.59. The van der Waals surface area contributed by atoms with Crippen molar-refractivity contribution >= 4 is 5.97 Å². The largest absolute Gasteiger partial charge is 0.492 e. The van der Waals surface area contributed by atoms with E-state index in [4.69, 9.17) is 4.74 Å². The van der Waals surface area contributed by atoms with E-state index in [-0.39, 0.29) is 12.4 Å². The molecule has 1 N–H and O–H groups in total. The summed E-state index contributed by atoms with van der Waals surface area (Å²) < 4.78 is 18.3. The maximum absolute atomic E-state index is 12.7. The van der Waals surface area contributed by atoms with Gasteiger partial charge in [0.25, 0.3) is 0 Å². The maximum atomic E-state index is 12.7. The molecule has 0 atom stereocenters. The topological polar surface area (TPSA) is 46.5 Å². The van der Waals surface area contributed by atoms with Crippen LogP contribution in [0.15, 0.2) is 24.3 Å². The molecule has 1 fully saturated rings. The third-order valence-corrected chi connectivity index (χ3v) is 3.59. The third kappa shape index (κ3) is 2.81. The predicted octanol–water partition coefficient (Wildman–Crippen LogP) is 3.24. The highest BCUT2D eigenvalue weighted by Crippen LogP contribution is 2.37. The first kappa shape index (κ1) is 12.9. The molecule has 3 nitrogen and oxygen atoms in total. The van der Waals surface area contributed by atoms with Crippen LogP contribution in [-0.4, -0.2) is 17.7 Å². The summed E-state index contributed by atoms with van der Waals surface area (Å²) >= 11 is 0. The molecular weight excluding hydrogens is 235 g/mol. The number of rotatable bonds is 4. The van der Waals surface area contributed by atoms with E-state index in [0.717, 1.165) is 19.3 Å². The van der Waals surface area contributed by atoms with E-state index >= 15 is 0 Å². The highest BCUT2D eigenvalue weighted by molar-refractivity contribution is 5.75. The van der Waals surface area contributed by atoms with Gasteiger partial charge in [-0.2, -0.15) is 0 Å². The van der Waals surface area contributed by atoms with Gasteiger partial charge in [0.15, 0.2) is 0 Å². The lowest BCUT2D eigenvalue weighted by Gasteiger charge is -2.32. The first-order chi connectivity index (χ1) is 8.62. The normalized spacial score (nSPS) is 18.3. The van der Waals surface area contributed by atoms with Crippen molar-refractivity contribution in [1.82, 2.24) is 0 Å². The Hall–Kier alpha value is -1.58. The SMILES string of the molecule is O=C(O)C1(COc2ccc(F)cc2)CCCCC1. The quantitative estimate of drug-likeness (QED) is 0.894. The summed E-state index contributed by atoms with van der Waals surface area (Å²) in [4.78, 5) is 11.4. The Bertz CT molecular complexity index is 408. The highest BCUT2D eigenvalue weighted by Gasteiger charge is 2.40. The Morgan fingerprint density at radius 1 is 1.22 bits per heavy atom. The van der Waals surface area contributed by atoms with Gasteiger partial charge < -0.3 is 9.84 Å². The second kappa shape index (κ2) is 5.38. The average molecular weight is 252 g/mol. The van der Waals surface area contributed by atoms with Crippen LogP contribution in [0.2, 0.25) is 0 Å². The van der Waals surface area contributed by atoms with Crippen molar-refractivity contribution in [3.8, 4) is 5.75 Å². The summed E-state index contributed by atoms with van der Waals surface area (Å²) in [6.07, 6.45) is 4.26. The van der Waals surface area contributed by atoms with Gasteiger partial charge in [-0.15, -0.1) is 0 Å². The molecule has 0 amide bonds. The monoisotopic (exact) mass is 252 g/mol. The van der Waals surface area contributed by atoms with Crippen LogP contribution in [0.1, 0.15) is 32.1 Å². The summed E-state index contributed by atoms with van der Waals surface area (Å²) in [6, 6.07) is 5.66. The van der Waals surface area contributed by atoms with E-state index in [0.29, 0.717) is 18.6 Å². The van der Waals surface area contributed by atoms with Gasteiger partial charge in [0, 0.05) is 0 Å². The fourth-order valence-corrected chi connectivity index (χ4v) is 2.40. The van der Waals surface area contributed by atoms with Crippen LogP contribution in [0.3, 0.4) is 0 Å². The summed E-state index contributed by atoms with van der Waals surface area (Å²) in [6.45, 7) is 0.161. The van der Waals surface area contributed by atoms with Crippen LogP contribution in [0, 0.1) is 11.2 Å². The Morgan fingerprint density at radius 2 is 1.83 bits per heavy atom. The van der Waals surface area contributed by atoms with Crippen LogP contribution in [0.5, 0.6) is 5.75 Å². The number of carboxylic acid groups (broad SMARTS) is 1. The van der Waals surface area contributed by atoms with Gasteiger partial charge in [0.2, 0.25) is 0 Å². The molecule has 1 aromatic rings. The molecule has 1 saturated carbocycles. The number of benzene rings is 1. The number of hydrogen-bond donors (Lipinski definition) is 1. The van der Waals surface area contributed by atoms with Crippen LogP contribution in [0.25, 0.3) is 0 Å². The van der Waals surface area contributed by atoms with Crippen molar-refractivity contribution in [2.75, 3.05) is 6.61 Å². The summed E-state index contributed by atoms with van der Waals surface area (Å²) in [5, 5.41) is 9.37. The molecule has 98 valence electrons. The minimum atomic E-state index is -0.788. The molecule has 2 rings (SSSR count). The van der Waals surface area contributed by atoms with Crippen LogP contribution in [-0.2, 0) is 4.79 Å². The van der Waals surface area contributed by atoms with Crippen molar-refractivity contribution < 1.29 is 19.0 Å². The smallest absolute Gasteiger partial charge is 0.313 e. The lowest BCUT2D eigenvalue weighted by Crippen LogP contribution is -2.38. The van der Waals surface area contributed by atoms with Crippen LogP contribution < -0.4 is 4.74 Å². The van der Waals surface area contributed by atoms with Crippen LogP contribution in [0.4, 0.5) is 4.39 Å². The molecule has 0 unspecified atom stereocenters. The van der Waals surface area contributed by atoms with Crippen molar-refractivity contribution in [3.63, 3.8) is 0 Å². The fraction of sp³-hybridized carbons (Fsp3) is 0.500. The second-order valence-electron chi connectivity index (χ2n) is 4.89. The standard InChI is InChI=1S/C14H17FO3/c15-11-4-6-12(7-5-11)18-10-14(13(16)17)8-2-1-3-9-14/h4-7H,1-3,8-10H2,(H,16,17). The molecule has 0 spiro atoms. The van der Waals surface area contributed by atoms with Crippen molar-refractivity contribution in [2.45, 2.75) is 32.1 Å². The Kier molecular flexibility index (Phi) is 3.84. The molecule has 0 aliphatic heterocycles. The summed E-state index contributed by atoms with van der Waals surface area (Å²) in [5.74, 6) is -0.597. The average Bonchev–Trinajstić information content (AvgIpc) is 2.39. The maximum Gasteiger partial charge on any atom is 0.313 e. The first-order valence-corrected chi connectivity index (χ1v) is 6.24. The summed E-state index contributed by atoms with van der Waals surface area (Å²) in [5.41, 5.74) is -0.771. The van der Waals surface area contributed by atoms with Crippen molar-refractivity contribution in [2.24, 2.45) is 5.41 Å². The molecule has 0 bridgehead atoms. The van der Waals surface area contributed by atoms with Gasteiger partial charge in [0.05, 0.1) is 0 Å². The first-order valence-electron chi connectivity index (χ1n) is 6.24. The van der Waals surface area contributed by atoms with Crippen LogP contribution >= 0.6 is 0 Å². The van der Waals surface area contributed by atoms with Gasteiger partial charge in [-0.05, 0) is 37.1 Å². The van der Waals surface area contributed by atoms with Gasteiger partial charge >= 0.3 is 5.97 Å². The zero-order chi connectivity index (χ0) is 13.0. The van der Waals surface area contributed by atoms with E-state index in [2.05, 4.69) is 0 Å². The van der Waals surface area contributed by atoms with Crippen molar-refractivity contribution in [3.05, 3.63) is 30.1 Å². The van der Waals surface area contributed by atoms with E-state index in [1.165, 1.54) is 24.3 Å². The second-order valence-corrected chi connectivity index (χ2v) is 4.89. The fourth-order valence-electron chi connectivity index (χ4n) is 2.40. The zero-order valence-corrected chi connectivity index (χ0v) is 10.2. The molecule has 1 aliphatic carbocycles. The highest BCUT2D eigenvalue weighted by atomic mass is 19.1. The van der Waals surface area contributed by atoms with E-state index in [1.54, 1.807) is 0 Å². The molecule has 4 heteroatoms. The van der Waals surface area contributed by atoms with Gasteiger partial charge in [0.1, 0.15) is 23.6 Å². The lowest BCUT2D eigenvalue weighted by atomic mass is 9.75. The lowest BCUT2D eigenvalue weighted by molar-refractivity contribution is -0.153. The number of aliphatic carboxylic acids is 1. The molecule has 0 saturated heterocycles. The zero-order valence-electron chi connectivity index (χ0n) is 10.2. The number of halogens is 1.